The van der Waals surface area contributed by atoms with Crippen LogP contribution in [0.4, 0.5) is 11.4 Å². The largest absolute Gasteiger partial charge is 0.326 e. The van der Waals surface area contributed by atoms with Crippen molar-refractivity contribution in [2.45, 2.75) is 65.2 Å². The van der Waals surface area contributed by atoms with Gasteiger partial charge in [0.1, 0.15) is 0 Å². The van der Waals surface area contributed by atoms with Crippen LogP contribution in [0.5, 0.6) is 0 Å². The Labute approximate surface area is 151 Å². The van der Waals surface area contributed by atoms with Gasteiger partial charge in [-0.1, -0.05) is 32.3 Å². The fourth-order valence-electron chi connectivity index (χ4n) is 4.23. The Balaban J connectivity index is 1.57. The van der Waals surface area contributed by atoms with Gasteiger partial charge in [0.2, 0.25) is 11.8 Å². The van der Waals surface area contributed by atoms with Crippen molar-refractivity contribution in [2.24, 2.45) is 11.8 Å². The van der Waals surface area contributed by atoms with Crippen molar-refractivity contribution in [1.29, 1.82) is 0 Å². The van der Waals surface area contributed by atoms with Gasteiger partial charge in [-0.15, -0.1) is 0 Å². The van der Waals surface area contributed by atoms with E-state index in [1.54, 1.807) is 11.8 Å². The molecular weight excluding hydrogens is 312 g/mol. The number of amides is 2. The summed E-state index contributed by atoms with van der Waals surface area (Å²) in [6.45, 7) is 4.57. The van der Waals surface area contributed by atoms with Crippen molar-refractivity contribution in [3.63, 3.8) is 0 Å². The summed E-state index contributed by atoms with van der Waals surface area (Å²) >= 11 is 0. The summed E-state index contributed by atoms with van der Waals surface area (Å²) in [5, 5.41) is 3.08. The van der Waals surface area contributed by atoms with E-state index in [4.69, 9.17) is 0 Å². The molecule has 0 atom stereocenters. The van der Waals surface area contributed by atoms with Crippen LogP contribution in [0.2, 0.25) is 0 Å². The van der Waals surface area contributed by atoms with Crippen LogP contribution in [0.25, 0.3) is 0 Å². The Bertz CT molecular complexity index is 633. The lowest BCUT2D eigenvalue weighted by molar-refractivity contribution is -0.121. The van der Waals surface area contributed by atoms with Crippen LogP contribution >= 0.6 is 0 Å². The number of unbranched alkanes of at least 4 members (excludes halogenated alkanes) is 1. The molecule has 2 aliphatic rings. The smallest absolute Gasteiger partial charge is 0.227 e. The fraction of sp³-hybridized carbons (Fsp3) is 0.619. The van der Waals surface area contributed by atoms with Crippen molar-refractivity contribution < 1.29 is 9.59 Å². The quantitative estimate of drug-likeness (QED) is 0.854. The molecule has 25 heavy (non-hydrogen) atoms. The Kier molecular flexibility index (Phi) is 5.77. The molecule has 0 saturated heterocycles. The van der Waals surface area contributed by atoms with E-state index >= 15 is 0 Å². The molecule has 1 aromatic carbocycles. The second kappa shape index (κ2) is 8.03. The fourth-order valence-corrected chi connectivity index (χ4v) is 4.23. The van der Waals surface area contributed by atoms with Gasteiger partial charge in [0, 0.05) is 30.8 Å². The molecule has 1 heterocycles. The molecule has 0 aromatic heterocycles. The predicted octanol–water partition coefficient (Wildman–Crippen LogP) is 4.53. The van der Waals surface area contributed by atoms with E-state index in [0.717, 1.165) is 43.1 Å². The highest BCUT2D eigenvalue weighted by atomic mass is 16.2. The van der Waals surface area contributed by atoms with E-state index in [0.29, 0.717) is 0 Å². The van der Waals surface area contributed by atoms with E-state index in [1.807, 2.05) is 18.2 Å². The lowest BCUT2D eigenvalue weighted by Crippen LogP contribution is -2.28. The van der Waals surface area contributed by atoms with Crippen LogP contribution in [0.1, 0.15) is 64.4 Å². The van der Waals surface area contributed by atoms with Gasteiger partial charge < -0.3 is 10.2 Å². The average Bonchev–Trinajstić information content (AvgIpc) is 3.04. The van der Waals surface area contributed by atoms with E-state index in [2.05, 4.69) is 12.2 Å². The maximum absolute atomic E-state index is 12.6. The minimum absolute atomic E-state index is 0.0626. The van der Waals surface area contributed by atoms with Gasteiger partial charge in [0.15, 0.2) is 0 Å². The monoisotopic (exact) mass is 342 g/mol. The van der Waals surface area contributed by atoms with Crippen LogP contribution in [0, 0.1) is 11.8 Å². The molecule has 3 rings (SSSR count). The molecule has 4 nitrogen and oxygen atoms in total. The third kappa shape index (κ3) is 4.23. The normalized spacial score (nSPS) is 22.6. The van der Waals surface area contributed by atoms with Crippen LogP contribution in [0.15, 0.2) is 18.2 Å². The number of rotatable bonds is 5. The van der Waals surface area contributed by atoms with Gasteiger partial charge in [-0.2, -0.15) is 0 Å². The van der Waals surface area contributed by atoms with Crippen molar-refractivity contribution in [1.82, 2.24) is 0 Å². The zero-order valence-corrected chi connectivity index (χ0v) is 15.5. The Morgan fingerprint density at radius 3 is 2.64 bits per heavy atom. The van der Waals surface area contributed by atoms with Gasteiger partial charge in [-0.05, 0) is 55.7 Å². The van der Waals surface area contributed by atoms with Crippen LogP contribution in [-0.4, -0.2) is 18.4 Å². The van der Waals surface area contributed by atoms with Crippen molar-refractivity contribution in [3.05, 3.63) is 23.8 Å². The molecule has 0 bridgehead atoms. The molecule has 4 heteroatoms. The molecule has 1 aliphatic heterocycles. The first kappa shape index (κ1) is 18.0. The maximum Gasteiger partial charge on any atom is 0.227 e. The van der Waals surface area contributed by atoms with Crippen LogP contribution < -0.4 is 10.2 Å². The summed E-state index contributed by atoms with van der Waals surface area (Å²) in [4.78, 5) is 26.1. The van der Waals surface area contributed by atoms with Gasteiger partial charge in [-0.25, -0.2) is 0 Å². The summed E-state index contributed by atoms with van der Waals surface area (Å²) in [5.41, 5.74) is 2.95. The molecule has 0 spiro atoms. The highest BCUT2D eigenvalue weighted by Crippen LogP contribution is 2.34. The first-order chi connectivity index (χ1) is 12.1. The first-order valence-electron chi connectivity index (χ1n) is 9.80. The Morgan fingerprint density at radius 1 is 1.20 bits per heavy atom. The predicted molar refractivity (Wildman–Crippen MR) is 102 cm³/mol. The highest BCUT2D eigenvalue weighted by Gasteiger charge is 2.27. The molecule has 2 amide bonds. The topological polar surface area (TPSA) is 49.4 Å². The summed E-state index contributed by atoms with van der Waals surface area (Å²) in [7, 11) is 0. The van der Waals surface area contributed by atoms with Crippen molar-refractivity contribution in [3.8, 4) is 0 Å². The van der Waals surface area contributed by atoms with Crippen LogP contribution in [-0.2, 0) is 16.0 Å². The second-order valence-corrected chi connectivity index (χ2v) is 7.61. The molecule has 1 fully saturated rings. The van der Waals surface area contributed by atoms with E-state index < -0.39 is 0 Å². The number of benzene rings is 1. The summed E-state index contributed by atoms with van der Waals surface area (Å²) in [6.07, 6.45) is 9.15. The summed E-state index contributed by atoms with van der Waals surface area (Å²) in [6, 6.07) is 5.96. The molecule has 0 radical (unpaired) electrons. The Hall–Kier alpha value is -1.84. The number of carbonyl (C=O) groups is 2. The number of hydrogen-bond donors (Lipinski definition) is 1. The molecular formula is C21H30N2O2. The molecule has 1 aliphatic carbocycles. The third-order valence-corrected chi connectivity index (χ3v) is 5.81. The summed E-state index contributed by atoms with van der Waals surface area (Å²) < 4.78 is 0. The number of anilines is 2. The molecule has 1 aromatic rings. The maximum atomic E-state index is 12.6. The number of hydrogen-bond acceptors (Lipinski definition) is 2. The van der Waals surface area contributed by atoms with Crippen molar-refractivity contribution >= 4 is 23.2 Å². The minimum Gasteiger partial charge on any atom is -0.326 e. The number of carbonyl (C=O) groups excluding carboxylic acids is 2. The average molecular weight is 342 g/mol. The Morgan fingerprint density at radius 2 is 1.96 bits per heavy atom. The lowest BCUT2D eigenvalue weighted by Gasteiger charge is -2.27. The third-order valence-electron chi connectivity index (χ3n) is 5.81. The van der Waals surface area contributed by atoms with Crippen LogP contribution in [0.3, 0.4) is 0 Å². The zero-order chi connectivity index (χ0) is 17.8. The van der Waals surface area contributed by atoms with E-state index in [9.17, 15) is 9.59 Å². The standard InChI is InChI=1S/C21H30N2O2/c1-3-4-5-16-6-8-18(9-7-16)21(25)22-19-11-10-17-12-13-23(15(2)24)20(17)14-19/h10-11,14,16,18H,3-9,12-13H2,1-2H3,(H,22,25). The lowest BCUT2D eigenvalue weighted by atomic mass is 9.79. The molecule has 1 saturated carbocycles. The number of nitrogens with one attached hydrogen (secondary N) is 1. The van der Waals surface area contributed by atoms with Gasteiger partial charge in [0.05, 0.1) is 0 Å². The van der Waals surface area contributed by atoms with E-state index in [-0.39, 0.29) is 17.7 Å². The van der Waals surface area contributed by atoms with Gasteiger partial charge in [-0.3, -0.25) is 9.59 Å². The first-order valence-corrected chi connectivity index (χ1v) is 9.80. The second-order valence-electron chi connectivity index (χ2n) is 7.61. The molecule has 0 unspecified atom stereocenters. The number of nitrogens with zero attached hydrogens (tertiary/aromatic N) is 1. The van der Waals surface area contributed by atoms with Crippen molar-refractivity contribution in [2.75, 3.05) is 16.8 Å². The van der Waals surface area contributed by atoms with Gasteiger partial charge >= 0.3 is 0 Å². The molecule has 136 valence electrons. The SMILES string of the molecule is CCCCC1CCC(C(=O)Nc2ccc3c(c2)N(C(C)=O)CC3)CC1. The zero-order valence-electron chi connectivity index (χ0n) is 15.5. The minimum atomic E-state index is 0.0626. The highest BCUT2D eigenvalue weighted by molar-refractivity contribution is 5.97. The molecule has 1 N–H and O–H groups in total. The van der Waals surface area contributed by atoms with Gasteiger partial charge in [0.25, 0.3) is 0 Å². The van der Waals surface area contributed by atoms with E-state index in [1.165, 1.54) is 37.7 Å². The number of fused-ring (bicyclic) bond motifs is 1. The summed E-state index contributed by atoms with van der Waals surface area (Å²) in [5.74, 6) is 1.15.